The summed E-state index contributed by atoms with van der Waals surface area (Å²) in [5.74, 6) is 0.555. The zero-order valence-electron chi connectivity index (χ0n) is 9.98. The van der Waals surface area contributed by atoms with Crippen LogP contribution in [0, 0.1) is 6.92 Å². The molecule has 0 aliphatic rings. The van der Waals surface area contributed by atoms with Crippen molar-refractivity contribution >= 4 is 33.2 Å². The molecule has 0 bridgehead atoms. The molecule has 0 aliphatic heterocycles. The summed E-state index contributed by atoms with van der Waals surface area (Å²) in [6.45, 7) is 2.10. The predicted octanol–water partition coefficient (Wildman–Crippen LogP) is 5.01. The van der Waals surface area contributed by atoms with E-state index in [1.165, 1.54) is 10.3 Å². The Morgan fingerprint density at radius 2 is 1.89 bits per heavy atom. The maximum absolute atomic E-state index is 5.80. The van der Waals surface area contributed by atoms with Gasteiger partial charge in [-0.1, -0.05) is 36.4 Å². The normalized spacial score (nSPS) is 11.0. The van der Waals surface area contributed by atoms with E-state index in [9.17, 15) is 0 Å². The molecule has 0 radical (unpaired) electrons. The third-order valence-electron chi connectivity index (χ3n) is 2.98. The third-order valence-corrected chi connectivity index (χ3v) is 4.35. The average Bonchev–Trinajstić information content (AvgIpc) is 2.84. The second kappa shape index (κ2) is 4.71. The molecule has 0 atom stereocenters. The first-order valence-corrected chi connectivity index (χ1v) is 7.14. The van der Waals surface area contributed by atoms with Gasteiger partial charge in [0.2, 0.25) is 0 Å². The van der Waals surface area contributed by atoms with Crippen LogP contribution in [0.1, 0.15) is 11.1 Å². The third kappa shape index (κ3) is 2.02. The number of alkyl halides is 1. The van der Waals surface area contributed by atoms with Crippen LogP contribution in [0.2, 0.25) is 0 Å². The summed E-state index contributed by atoms with van der Waals surface area (Å²) >= 11 is 7.53. The van der Waals surface area contributed by atoms with Crippen LogP contribution >= 0.6 is 22.9 Å². The minimum atomic E-state index is 0.555. The summed E-state index contributed by atoms with van der Waals surface area (Å²) in [6, 6.07) is 14.6. The standard InChI is InChI=1S/C15H12ClNS/c1-10-3-2-4-13-14(10)17-15(18-13)12-7-5-11(9-16)6-8-12/h2-8H,9H2,1H3. The fourth-order valence-electron chi connectivity index (χ4n) is 1.95. The van der Waals surface area contributed by atoms with Crippen LogP contribution in [0.4, 0.5) is 0 Å². The first kappa shape index (κ1) is 11.7. The molecule has 0 aliphatic carbocycles. The van der Waals surface area contributed by atoms with Gasteiger partial charge in [-0.25, -0.2) is 4.98 Å². The van der Waals surface area contributed by atoms with E-state index in [0.717, 1.165) is 21.7 Å². The van der Waals surface area contributed by atoms with E-state index in [-0.39, 0.29) is 0 Å². The number of nitrogens with zero attached hydrogens (tertiary/aromatic N) is 1. The number of hydrogen-bond donors (Lipinski definition) is 0. The second-order valence-corrected chi connectivity index (χ2v) is 5.57. The fraction of sp³-hybridized carbons (Fsp3) is 0.133. The molecule has 0 N–H and O–H groups in total. The number of aromatic nitrogens is 1. The summed E-state index contributed by atoms with van der Waals surface area (Å²) < 4.78 is 1.24. The second-order valence-electron chi connectivity index (χ2n) is 4.27. The molecule has 1 heterocycles. The Bertz CT molecular complexity index is 685. The summed E-state index contributed by atoms with van der Waals surface area (Å²) in [5.41, 5.74) is 4.63. The smallest absolute Gasteiger partial charge is 0.124 e. The number of thiazole rings is 1. The van der Waals surface area contributed by atoms with Crippen LogP contribution in [0.5, 0.6) is 0 Å². The van der Waals surface area contributed by atoms with Crippen LogP contribution in [0.15, 0.2) is 42.5 Å². The predicted molar refractivity (Wildman–Crippen MR) is 79.4 cm³/mol. The molecular formula is C15H12ClNS. The van der Waals surface area contributed by atoms with E-state index >= 15 is 0 Å². The molecule has 0 saturated heterocycles. The maximum Gasteiger partial charge on any atom is 0.124 e. The first-order chi connectivity index (χ1) is 8.78. The fourth-order valence-corrected chi connectivity index (χ4v) is 3.17. The van der Waals surface area contributed by atoms with Crippen molar-refractivity contribution in [3.05, 3.63) is 53.6 Å². The molecule has 1 nitrogen and oxygen atoms in total. The summed E-state index contributed by atoms with van der Waals surface area (Å²) in [4.78, 5) is 4.72. The van der Waals surface area contributed by atoms with Gasteiger partial charge in [0.05, 0.1) is 10.2 Å². The topological polar surface area (TPSA) is 12.9 Å². The lowest BCUT2D eigenvalue weighted by atomic mass is 10.1. The summed E-state index contributed by atoms with van der Waals surface area (Å²) in [6.07, 6.45) is 0. The zero-order valence-corrected chi connectivity index (χ0v) is 11.6. The quantitative estimate of drug-likeness (QED) is 0.598. The molecule has 0 amide bonds. The summed E-state index contributed by atoms with van der Waals surface area (Å²) in [7, 11) is 0. The lowest BCUT2D eigenvalue weighted by molar-refractivity contribution is 1.38. The molecule has 3 heteroatoms. The lowest BCUT2D eigenvalue weighted by Gasteiger charge is -1.97. The van der Waals surface area contributed by atoms with Gasteiger partial charge in [-0.3, -0.25) is 0 Å². The van der Waals surface area contributed by atoms with Crippen LogP contribution < -0.4 is 0 Å². The van der Waals surface area contributed by atoms with Gasteiger partial charge in [0.25, 0.3) is 0 Å². The highest BCUT2D eigenvalue weighted by Gasteiger charge is 2.07. The van der Waals surface area contributed by atoms with E-state index in [0.29, 0.717) is 5.88 Å². The van der Waals surface area contributed by atoms with Gasteiger partial charge in [0.1, 0.15) is 5.01 Å². The van der Waals surface area contributed by atoms with E-state index in [1.54, 1.807) is 11.3 Å². The Hall–Kier alpha value is -1.38. The molecule has 0 unspecified atom stereocenters. The number of para-hydroxylation sites is 1. The van der Waals surface area contributed by atoms with Gasteiger partial charge in [0, 0.05) is 11.4 Å². The Kier molecular flexibility index (Phi) is 3.06. The minimum absolute atomic E-state index is 0.555. The van der Waals surface area contributed by atoms with Gasteiger partial charge >= 0.3 is 0 Å². The van der Waals surface area contributed by atoms with Crippen molar-refractivity contribution in [3.8, 4) is 10.6 Å². The molecule has 0 fully saturated rings. The Balaban J connectivity index is 2.10. The molecule has 1 aromatic heterocycles. The highest BCUT2D eigenvalue weighted by atomic mass is 35.5. The van der Waals surface area contributed by atoms with E-state index in [2.05, 4.69) is 49.4 Å². The van der Waals surface area contributed by atoms with Crippen LogP contribution in [0.3, 0.4) is 0 Å². The zero-order chi connectivity index (χ0) is 12.5. The molecule has 0 spiro atoms. The average molecular weight is 274 g/mol. The first-order valence-electron chi connectivity index (χ1n) is 5.79. The van der Waals surface area contributed by atoms with Gasteiger partial charge in [-0.05, 0) is 24.1 Å². The van der Waals surface area contributed by atoms with Gasteiger partial charge in [-0.15, -0.1) is 22.9 Å². The maximum atomic E-state index is 5.80. The van der Waals surface area contributed by atoms with Gasteiger partial charge in [0.15, 0.2) is 0 Å². The van der Waals surface area contributed by atoms with Crippen LogP contribution in [-0.4, -0.2) is 4.98 Å². The number of benzene rings is 2. The van der Waals surface area contributed by atoms with E-state index in [1.807, 2.05) is 0 Å². The molecule has 3 rings (SSSR count). The molecule has 3 aromatic rings. The minimum Gasteiger partial charge on any atom is -0.236 e. The number of hydrogen-bond acceptors (Lipinski definition) is 2. The van der Waals surface area contributed by atoms with Crippen molar-refractivity contribution in [1.82, 2.24) is 4.98 Å². The van der Waals surface area contributed by atoms with E-state index < -0.39 is 0 Å². The molecular weight excluding hydrogens is 262 g/mol. The van der Waals surface area contributed by atoms with Crippen LogP contribution in [-0.2, 0) is 5.88 Å². The molecule has 0 saturated carbocycles. The lowest BCUT2D eigenvalue weighted by Crippen LogP contribution is -1.80. The number of fused-ring (bicyclic) bond motifs is 1. The number of aryl methyl sites for hydroxylation is 1. The van der Waals surface area contributed by atoms with Crippen LogP contribution in [0.25, 0.3) is 20.8 Å². The Labute approximate surface area is 115 Å². The van der Waals surface area contributed by atoms with Crippen molar-refractivity contribution in [1.29, 1.82) is 0 Å². The highest BCUT2D eigenvalue weighted by Crippen LogP contribution is 2.31. The monoisotopic (exact) mass is 273 g/mol. The largest absolute Gasteiger partial charge is 0.236 e. The van der Waals surface area contributed by atoms with Crippen molar-refractivity contribution in [3.63, 3.8) is 0 Å². The van der Waals surface area contributed by atoms with Crippen molar-refractivity contribution in [2.75, 3.05) is 0 Å². The molecule has 2 aromatic carbocycles. The van der Waals surface area contributed by atoms with Crippen molar-refractivity contribution in [2.45, 2.75) is 12.8 Å². The molecule has 18 heavy (non-hydrogen) atoms. The SMILES string of the molecule is Cc1cccc2sc(-c3ccc(CCl)cc3)nc12. The van der Waals surface area contributed by atoms with Crippen molar-refractivity contribution in [2.24, 2.45) is 0 Å². The van der Waals surface area contributed by atoms with Crippen molar-refractivity contribution < 1.29 is 0 Å². The Morgan fingerprint density at radius 1 is 1.11 bits per heavy atom. The van der Waals surface area contributed by atoms with Gasteiger partial charge < -0.3 is 0 Å². The summed E-state index contributed by atoms with van der Waals surface area (Å²) in [5, 5.41) is 1.07. The number of rotatable bonds is 2. The van der Waals surface area contributed by atoms with Gasteiger partial charge in [-0.2, -0.15) is 0 Å². The number of halogens is 1. The highest BCUT2D eigenvalue weighted by molar-refractivity contribution is 7.21. The van der Waals surface area contributed by atoms with E-state index in [4.69, 9.17) is 16.6 Å². The molecule has 90 valence electrons. The Morgan fingerprint density at radius 3 is 2.56 bits per heavy atom.